The van der Waals surface area contributed by atoms with Gasteiger partial charge in [-0.25, -0.2) is 17.7 Å². The monoisotopic (exact) mass is 1760 g/mol. The van der Waals surface area contributed by atoms with Gasteiger partial charge in [-0.05, 0) is 172 Å². The fraction of sp³-hybridized carbons (Fsp3) is 0. The number of rotatable bonds is 17. The molecular formula is C102H62Ir2N6. The maximum atomic E-state index is 5.07. The van der Waals surface area contributed by atoms with E-state index in [1.54, 1.807) is 0 Å². The van der Waals surface area contributed by atoms with Crippen LogP contribution in [0.15, 0.2) is 377 Å². The van der Waals surface area contributed by atoms with E-state index in [-0.39, 0.29) is 40.2 Å². The number of nitrogens with zero attached hydrogens (tertiary/aromatic N) is 6. The van der Waals surface area contributed by atoms with Crippen LogP contribution in [0.3, 0.4) is 0 Å². The quantitative estimate of drug-likeness (QED) is 0.0846. The zero-order chi connectivity index (χ0) is 72.0. The fourth-order valence-corrected chi connectivity index (χ4v) is 14.4. The predicted octanol–water partition coefficient (Wildman–Crippen LogP) is 25.2. The van der Waals surface area contributed by atoms with Crippen LogP contribution in [0.25, 0.3) is 190 Å². The van der Waals surface area contributed by atoms with Crippen molar-refractivity contribution in [3.63, 3.8) is 0 Å². The van der Waals surface area contributed by atoms with Crippen LogP contribution in [0.2, 0.25) is 0 Å². The molecule has 18 aromatic rings. The predicted molar refractivity (Wildman–Crippen MR) is 439 cm³/mol. The van der Waals surface area contributed by atoms with Crippen LogP contribution >= 0.6 is 0 Å². The second-order valence-electron chi connectivity index (χ2n) is 26.4. The first-order valence-electron chi connectivity index (χ1n) is 35.9. The number of benzene rings is 13. The first-order valence-corrected chi connectivity index (χ1v) is 35.9. The van der Waals surface area contributed by atoms with Gasteiger partial charge in [-0.2, -0.15) is 5.56 Å². The Kier molecular flexibility index (Phi) is 21.0. The Bertz CT molecular complexity index is 5550. The Morgan fingerprint density at radius 3 is 0.755 bits per heavy atom. The summed E-state index contributed by atoms with van der Waals surface area (Å²) in [6.07, 6.45) is 11.4. The molecule has 110 heavy (non-hydrogen) atoms. The third kappa shape index (κ3) is 14.9. The third-order valence-corrected chi connectivity index (χ3v) is 19.8. The zero-order valence-corrected chi connectivity index (χ0v) is 63.9. The van der Waals surface area contributed by atoms with Crippen LogP contribution in [-0.2, 0) is 40.2 Å². The SMILES string of the molecule is [Ir+3].[Ir+3].[c-]1cc(-c2ccccc2-c2cc(-c3ccccc3-c3c[c-]c(-c4ccccn4)cc3)cc(-c3ccccc3-c3c[c-]c(-c4ccccn4)cc3)c2)c[c-]c1-c1ncc(-c2ccccc2-c2cc(-c3ccccc3-c3ccc(-c4[c-]cccc4)nc3)cc(-c3ccccc3-c3ccc(-c4[c-]cccc4)nc3)c2)cn1. The van der Waals surface area contributed by atoms with Gasteiger partial charge in [0.1, 0.15) is 0 Å². The van der Waals surface area contributed by atoms with E-state index in [2.05, 4.69) is 289 Å². The van der Waals surface area contributed by atoms with Gasteiger partial charge in [0, 0.05) is 42.7 Å². The number of pyridine rings is 4. The summed E-state index contributed by atoms with van der Waals surface area (Å²) in [7, 11) is 0. The molecule has 13 aromatic carbocycles. The average Bonchev–Trinajstić information content (AvgIpc) is 0.771. The maximum Gasteiger partial charge on any atom is 3.00 e. The minimum absolute atomic E-state index is 0. The van der Waals surface area contributed by atoms with E-state index in [1.165, 1.54) is 0 Å². The second kappa shape index (κ2) is 32.5. The Morgan fingerprint density at radius 1 is 0.182 bits per heavy atom. The Balaban J connectivity index is 0.00000460. The van der Waals surface area contributed by atoms with Crippen molar-refractivity contribution in [2.75, 3.05) is 0 Å². The molecule has 8 heteroatoms. The summed E-state index contributed by atoms with van der Waals surface area (Å²) < 4.78 is 0. The summed E-state index contributed by atoms with van der Waals surface area (Å²) in [5, 5.41) is 0. The molecule has 6 nitrogen and oxygen atoms in total. The molecule has 0 amide bonds. The van der Waals surface area contributed by atoms with Gasteiger partial charge in [-0.15, -0.1) is 131 Å². The molecule has 0 aliphatic carbocycles. The van der Waals surface area contributed by atoms with Gasteiger partial charge < -0.3 is 29.9 Å². The summed E-state index contributed by atoms with van der Waals surface area (Å²) in [5.74, 6) is 0.519. The van der Waals surface area contributed by atoms with E-state index in [1.807, 2.05) is 134 Å². The van der Waals surface area contributed by atoms with Gasteiger partial charge in [-0.3, -0.25) is 12.1 Å². The van der Waals surface area contributed by atoms with Gasteiger partial charge in [0.05, 0.1) is 0 Å². The van der Waals surface area contributed by atoms with Crippen molar-refractivity contribution in [2.24, 2.45) is 0 Å². The van der Waals surface area contributed by atoms with E-state index in [0.29, 0.717) is 11.4 Å². The van der Waals surface area contributed by atoms with E-state index in [4.69, 9.17) is 19.9 Å². The van der Waals surface area contributed by atoms with Crippen LogP contribution in [0.1, 0.15) is 0 Å². The molecule has 0 atom stereocenters. The van der Waals surface area contributed by atoms with Crippen molar-refractivity contribution < 1.29 is 40.2 Å². The van der Waals surface area contributed by atoms with Crippen LogP contribution in [0.5, 0.6) is 0 Å². The Morgan fingerprint density at radius 2 is 0.455 bits per heavy atom. The molecule has 0 saturated heterocycles. The van der Waals surface area contributed by atoms with Crippen molar-refractivity contribution >= 4 is 0 Å². The first kappa shape index (κ1) is 71.1. The topological polar surface area (TPSA) is 77.3 Å². The normalized spacial score (nSPS) is 10.9. The molecule has 18 rings (SSSR count). The van der Waals surface area contributed by atoms with Gasteiger partial charge in [0.15, 0.2) is 0 Å². The van der Waals surface area contributed by atoms with Crippen molar-refractivity contribution in [1.29, 1.82) is 0 Å². The van der Waals surface area contributed by atoms with Gasteiger partial charge in [-0.1, -0.05) is 222 Å². The minimum atomic E-state index is 0. The van der Waals surface area contributed by atoms with Crippen LogP contribution in [0.4, 0.5) is 0 Å². The fourth-order valence-electron chi connectivity index (χ4n) is 14.4. The molecule has 0 saturated carbocycles. The number of hydrogen-bond donors (Lipinski definition) is 0. The summed E-state index contributed by atoms with van der Waals surface area (Å²) >= 11 is 0. The second-order valence-corrected chi connectivity index (χ2v) is 26.4. The van der Waals surface area contributed by atoms with Crippen molar-refractivity contribution in [3.8, 4) is 190 Å². The van der Waals surface area contributed by atoms with Crippen molar-refractivity contribution in [2.45, 2.75) is 0 Å². The molecule has 0 radical (unpaired) electrons. The molecule has 0 unspecified atom stereocenters. The summed E-state index contributed by atoms with van der Waals surface area (Å²) in [5.41, 5.74) is 33.0. The molecule has 518 valence electrons. The molecular weight excluding hydrogens is 1690 g/mol. The standard InChI is InChI=1S/C102H62N6.2Ir/c1-3-23-72(24-4-1)100-55-53-77(65-105-100)89-30-10-15-35-94(89)82-62-83(95-36-16-11-31-90(95)78-54-56-101(106-66-78)73-25-5-2-6-26-73)64-84(63-82)96-37-17-18-38-97(96)85-67-107-102(108-68-85)76-51-45-71(46-52-76)88-29-9-14-34-93(88)81-60-79(91-32-12-7-27-86(91)69-41-47-74(48-42-69)98-39-19-21-57-103-98)59-80(61-81)92-33-13-8-28-87(92)70-43-49-75(50-44-70)99-40-20-22-58-104-99;;/h1-23,25,27-47,49,53-68H;;/q-6;2*+3. The molecule has 5 aromatic heterocycles. The largest absolute Gasteiger partial charge is 3.00 e. The van der Waals surface area contributed by atoms with Gasteiger partial charge in [0.25, 0.3) is 0 Å². The number of aromatic nitrogens is 6. The molecule has 0 bridgehead atoms. The zero-order valence-electron chi connectivity index (χ0n) is 59.1. The summed E-state index contributed by atoms with van der Waals surface area (Å²) in [6, 6.07) is 139. The average molecular weight is 1760 g/mol. The summed E-state index contributed by atoms with van der Waals surface area (Å²) in [4.78, 5) is 29.3. The molecule has 0 aliphatic heterocycles. The van der Waals surface area contributed by atoms with E-state index in [9.17, 15) is 0 Å². The van der Waals surface area contributed by atoms with E-state index < -0.39 is 0 Å². The summed E-state index contributed by atoms with van der Waals surface area (Å²) in [6.45, 7) is 0. The minimum Gasteiger partial charge on any atom is -0.332 e. The van der Waals surface area contributed by atoms with E-state index >= 15 is 0 Å². The smallest absolute Gasteiger partial charge is 0.332 e. The molecule has 0 N–H and O–H groups in total. The van der Waals surface area contributed by atoms with Crippen LogP contribution in [0, 0.1) is 36.4 Å². The van der Waals surface area contributed by atoms with Gasteiger partial charge in [0.2, 0.25) is 0 Å². The Hall–Kier alpha value is -13.2. The van der Waals surface area contributed by atoms with Crippen molar-refractivity contribution in [3.05, 3.63) is 413 Å². The molecule has 0 aliphatic rings. The molecule has 0 fully saturated rings. The first-order chi connectivity index (χ1) is 53.5. The van der Waals surface area contributed by atoms with Crippen molar-refractivity contribution in [1.82, 2.24) is 29.9 Å². The molecule has 0 spiro atoms. The van der Waals surface area contributed by atoms with E-state index in [0.717, 1.165) is 179 Å². The maximum absolute atomic E-state index is 5.07. The Labute approximate surface area is 668 Å². The van der Waals surface area contributed by atoms with Crippen LogP contribution in [-0.4, -0.2) is 29.9 Å². The third-order valence-electron chi connectivity index (χ3n) is 19.8. The number of hydrogen-bond acceptors (Lipinski definition) is 6. The van der Waals surface area contributed by atoms with Gasteiger partial charge >= 0.3 is 40.2 Å². The molecule has 5 heterocycles. The van der Waals surface area contributed by atoms with Crippen LogP contribution < -0.4 is 0 Å².